The summed E-state index contributed by atoms with van der Waals surface area (Å²) in [6.07, 6.45) is 26.8. The van der Waals surface area contributed by atoms with Crippen LogP contribution in [0.5, 0.6) is 0 Å². The molecule has 4 aliphatic carbocycles. The number of aromatic amines is 1. The Labute approximate surface area is 172 Å². The summed E-state index contributed by atoms with van der Waals surface area (Å²) in [7, 11) is 0. The molecule has 4 aliphatic rings. The molecule has 142 valence electrons. The third-order valence-electron chi connectivity index (χ3n) is 6.87. The van der Waals surface area contributed by atoms with Crippen molar-refractivity contribution in [1.29, 1.82) is 0 Å². The van der Waals surface area contributed by atoms with Gasteiger partial charge in [-0.25, -0.2) is 0 Å². The largest absolute Gasteiger partial charge is 0.358 e. The van der Waals surface area contributed by atoms with Gasteiger partial charge in [-0.2, -0.15) is 0 Å². The van der Waals surface area contributed by atoms with E-state index >= 15 is 0 Å². The monoisotopic (exact) mass is 375 g/mol. The maximum atomic E-state index is 3.75. The Hall–Kier alpha value is -3.06. The average molecular weight is 376 g/mol. The molecule has 0 aliphatic heterocycles. The first kappa shape index (κ1) is 16.9. The summed E-state index contributed by atoms with van der Waals surface area (Å²) >= 11 is 0. The molecule has 0 saturated carbocycles. The van der Waals surface area contributed by atoms with Crippen LogP contribution in [0.1, 0.15) is 40.9 Å². The lowest BCUT2D eigenvalue weighted by Crippen LogP contribution is -2.17. The molecule has 1 N–H and O–H groups in total. The molecule has 3 atom stereocenters. The van der Waals surface area contributed by atoms with E-state index in [2.05, 4.69) is 96.1 Å². The van der Waals surface area contributed by atoms with Crippen molar-refractivity contribution in [2.24, 2.45) is 17.8 Å². The first-order chi connectivity index (χ1) is 14.4. The zero-order valence-corrected chi connectivity index (χ0v) is 16.5. The van der Waals surface area contributed by atoms with Crippen LogP contribution in [0.2, 0.25) is 0 Å². The molecule has 0 fully saturated rings. The molecule has 1 aromatic carbocycles. The third-order valence-corrected chi connectivity index (χ3v) is 6.87. The van der Waals surface area contributed by atoms with Crippen molar-refractivity contribution in [2.45, 2.75) is 19.3 Å². The fourth-order valence-electron chi connectivity index (χ4n) is 5.30. The molecule has 2 aromatic rings. The van der Waals surface area contributed by atoms with Crippen LogP contribution in [0.4, 0.5) is 0 Å². The zero-order valence-electron chi connectivity index (χ0n) is 16.5. The molecule has 1 heteroatoms. The number of benzene rings is 1. The Morgan fingerprint density at radius 3 is 2.62 bits per heavy atom. The lowest BCUT2D eigenvalue weighted by atomic mass is 9.77. The number of nitrogens with one attached hydrogen (secondary N) is 1. The predicted octanol–water partition coefficient (Wildman–Crippen LogP) is 6.85. The van der Waals surface area contributed by atoms with Gasteiger partial charge in [0, 0.05) is 28.4 Å². The highest BCUT2D eigenvalue weighted by molar-refractivity contribution is 5.88. The van der Waals surface area contributed by atoms with Gasteiger partial charge < -0.3 is 4.98 Å². The number of H-pyrrole nitrogens is 1. The van der Waals surface area contributed by atoms with Gasteiger partial charge in [-0.1, -0.05) is 85.0 Å². The van der Waals surface area contributed by atoms with Crippen LogP contribution in [-0.4, -0.2) is 4.98 Å². The van der Waals surface area contributed by atoms with Gasteiger partial charge in [0.1, 0.15) is 0 Å². The molecule has 1 nitrogen and oxygen atoms in total. The fraction of sp³-hybridized carbons (Fsp3) is 0.214. The maximum Gasteiger partial charge on any atom is 0.0462 e. The molecule has 0 bridgehead atoms. The van der Waals surface area contributed by atoms with Gasteiger partial charge in [0.25, 0.3) is 0 Å². The molecule has 0 spiro atoms. The highest BCUT2D eigenvalue weighted by Gasteiger charge is 2.30. The van der Waals surface area contributed by atoms with Crippen LogP contribution >= 0.6 is 0 Å². The second kappa shape index (κ2) is 6.77. The van der Waals surface area contributed by atoms with Crippen molar-refractivity contribution in [2.75, 3.05) is 0 Å². The summed E-state index contributed by atoms with van der Waals surface area (Å²) in [5.74, 6) is 1.68. The minimum atomic E-state index is 0.543. The van der Waals surface area contributed by atoms with Crippen LogP contribution in [0, 0.1) is 17.8 Å². The Bertz CT molecular complexity index is 1130. The maximum absolute atomic E-state index is 3.75. The van der Waals surface area contributed by atoms with Gasteiger partial charge in [-0.05, 0) is 53.9 Å². The Morgan fingerprint density at radius 1 is 0.862 bits per heavy atom. The van der Waals surface area contributed by atoms with Crippen molar-refractivity contribution < 1.29 is 0 Å². The first-order valence-electron chi connectivity index (χ1n) is 10.8. The van der Waals surface area contributed by atoms with E-state index in [0.717, 1.165) is 19.3 Å². The van der Waals surface area contributed by atoms with Gasteiger partial charge in [-0.3, -0.25) is 0 Å². The molecule has 3 unspecified atom stereocenters. The average Bonchev–Trinajstić information content (AvgIpc) is 3.18. The summed E-state index contributed by atoms with van der Waals surface area (Å²) < 4.78 is 0. The molecule has 1 aromatic heterocycles. The highest BCUT2D eigenvalue weighted by Crippen LogP contribution is 2.43. The second-order valence-corrected chi connectivity index (χ2v) is 8.57. The summed E-state index contributed by atoms with van der Waals surface area (Å²) in [6.45, 7) is 0. The van der Waals surface area contributed by atoms with Crippen molar-refractivity contribution in [3.05, 3.63) is 107 Å². The molecule has 0 amide bonds. The van der Waals surface area contributed by atoms with Gasteiger partial charge in [0.05, 0.1) is 0 Å². The Balaban J connectivity index is 1.25. The molecule has 0 saturated heterocycles. The molecule has 29 heavy (non-hydrogen) atoms. The van der Waals surface area contributed by atoms with E-state index in [4.69, 9.17) is 0 Å². The molecular weight excluding hydrogens is 350 g/mol. The third kappa shape index (κ3) is 2.84. The normalized spacial score (nSPS) is 26.4. The quantitative estimate of drug-likeness (QED) is 0.591. The summed E-state index contributed by atoms with van der Waals surface area (Å²) in [4.78, 5) is 3.75. The molecule has 1 heterocycles. The van der Waals surface area contributed by atoms with Crippen molar-refractivity contribution >= 4 is 23.3 Å². The number of fused-ring (bicyclic) bond motifs is 5. The lowest BCUT2D eigenvalue weighted by molar-refractivity contribution is 0.468. The van der Waals surface area contributed by atoms with Crippen LogP contribution < -0.4 is 0 Å². The first-order valence-corrected chi connectivity index (χ1v) is 10.8. The topological polar surface area (TPSA) is 15.8 Å². The van der Waals surface area contributed by atoms with Crippen molar-refractivity contribution in [3.63, 3.8) is 0 Å². The van der Waals surface area contributed by atoms with Crippen LogP contribution in [0.3, 0.4) is 0 Å². The Kier molecular flexibility index (Phi) is 3.94. The number of hydrogen-bond acceptors (Lipinski definition) is 0. The number of hydrogen-bond donors (Lipinski definition) is 1. The fourth-order valence-corrected chi connectivity index (χ4v) is 5.30. The Morgan fingerprint density at radius 2 is 1.76 bits per heavy atom. The van der Waals surface area contributed by atoms with Gasteiger partial charge in [-0.15, -0.1) is 0 Å². The van der Waals surface area contributed by atoms with E-state index in [1.165, 1.54) is 39.2 Å². The van der Waals surface area contributed by atoms with Gasteiger partial charge >= 0.3 is 0 Å². The van der Waals surface area contributed by atoms with Crippen LogP contribution in [0.25, 0.3) is 23.3 Å². The van der Waals surface area contributed by atoms with Crippen molar-refractivity contribution in [1.82, 2.24) is 4.98 Å². The van der Waals surface area contributed by atoms with E-state index in [0.29, 0.717) is 17.8 Å². The smallest absolute Gasteiger partial charge is 0.0462 e. The number of allylic oxidation sites excluding steroid dienone is 10. The molecule has 0 radical (unpaired) electrons. The number of rotatable bonds is 2. The highest BCUT2D eigenvalue weighted by atomic mass is 14.7. The second-order valence-electron chi connectivity index (χ2n) is 8.57. The minimum absolute atomic E-state index is 0.543. The van der Waals surface area contributed by atoms with Crippen LogP contribution in [-0.2, 0) is 6.42 Å². The summed E-state index contributed by atoms with van der Waals surface area (Å²) in [5.41, 5.74) is 9.73. The lowest BCUT2D eigenvalue weighted by Gasteiger charge is -2.27. The van der Waals surface area contributed by atoms with E-state index in [-0.39, 0.29) is 0 Å². The van der Waals surface area contributed by atoms with E-state index in [1.54, 1.807) is 0 Å². The zero-order chi connectivity index (χ0) is 19.2. The van der Waals surface area contributed by atoms with Crippen LogP contribution in [0.15, 0.2) is 78.9 Å². The van der Waals surface area contributed by atoms with Gasteiger partial charge in [0.2, 0.25) is 0 Å². The summed E-state index contributed by atoms with van der Waals surface area (Å²) in [5, 5.41) is 0. The SMILES string of the molecule is C1=CCC2C=Cc3[nH]c4c(c3C2=C1)C=CC(C1C=CC(c2ccccc2)=CC1)C4. The van der Waals surface area contributed by atoms with Gasteiger partial charge in [0.15, 0.2) is 0 Å². The standard InChI is InChI=1S/C28H25N/c1-2-6-19(7-3-1)20-10-12-21(13-11-20)23-14-16-25-27(18-23)29-26-17-15-22-8-4-5-9-24(22)28(25)26/h1-7,9-12,14-17,21-23,29H,8,13,18H2. The molecular formula is C28H25N. The van der Waals surface area contributed by atoms with Crippen molar-refractivity contribution in [3.8, 4) is 0 Å². The number of aromatic nitrogens is 1. The van der Waals surface area contributed by atoms with E-state index < -0.39 is 0 Å². The van der Waals surface area contributed by atoms with E-state index in [1.807, 2.05) is 0 Å². The minimum Gasteiger partial charge on any atom is -0.358 e. The van der Waals surface area contributed by atoms with E-state index in [9.17, 15) is 0 Å². The molecule has 6 rings (SSSR count). The predicted molar refractivity (Wildman–Crippen MR) is 123 cm³/mol. The summed E-state index contributed by atoms with van der Waals surface area (Å²) in [6, 6.07) is 10.7.